The number of anilines is 1. The molecule has 0 fully saturated rings. The van der Waals surface area contributed by atoms with Crippen molar-refractivity contribution in [2.75, 3.05) is 5.73 Å². The van der Waals surface area contributed by atoms with Gasteiger partial charge in [0.15, 0.2) is 11.9 Å². The number of hydrogen-bond donors (Lipinski definition) is 2. The zero-order valence-electron chi connectivity index (χ0n) is 14.9. The van der Waals surface area contributed by atoms with E-state index in [1.54, 1.807) is 24.3 Å². The molecule has 0 spiro atoms. The van der Waals surface area contributed by atoms with Crippen LogP contribution in [-0.2, 0) is 14.3 Å². The minimum Gasteiger partial charge on any atom is -0.474 e. The lowest BCUT2D eigenvalue weighted by Crippen LogP contribution is -2.36. The predicted molar refractivity (Wildman–Crippen MR) is 92.6 cm³/mol. The Hall–Kier alpha value is -2.17. The number of nitrogen functional groups attached to an aromatic ring is 1. The van der Waals surface area contributed by atoms with E-state index >= 15 is 0 Å². The summed E-state index contributed by atoms with van der Waals surface area (Å²) in [4.78, 5) is 12.5. The summed E-state index contributed by atoms with van der Waals surface area (Å²) in [5, 5.41) is 3.00. The van der Waals surface area contributed by atoms with Crippen molar-refractivity contribution in [1.29, 1.82) is 0 Å². The molecule has 0 aliphatic rings. The number of esters is 1. The Bertz CT molecular complexity index is 551. The van der Waals surface area contributed by atoms with Crippen molar-refractivity contribution in [3.8, 4) is 0 Å². The first-order valence-corrected chi connectivity index (χ1v) is 7.60. The SMILES string of the molecule is C=C(NC(C(=O)OC(C)(C)C)c1ccc(N)cc1)OC(C)(C)C. The third-order valence-corrected chi connectivity index (χ3v) is 2.65. The normalized spacial score (nSPS) is 13.1. The van der Waals surface area contributed by atoms with E-state index in [0.29, 0.717) is 11.6 Å². The van der Waals surface area contributed by atoms with Gasteiger partial charge in [-0.1, -0.05) is 12.1 Å². The van der Waals surface area contributed by atoms with E-state index in [1.165, 1.54) is 0 Å². The second-order valence-electron chi connectivity index (χ2n) is 7.42. The lowest BCUT2D eigenvalue weighted by molar-refractivity contribution is -0.158. The van der Waals surface area contributed by atoms with E-state index in [-0.39, 0.29) is 0 Å². The van der Waals surface area contributed by atoms with Crippen molar-refractivity contribution in [3.63, 3.8) is 0 Å². The predicted octanol–water partition coefficient (Wildman–Crippen LogP) is 3.53. The molecule has 5 heteroatoms. The van der Waals surface area contributed by atoms with Crippen LogP contribution in [0.2, 0.25) is 0 Å². The molecular formula is C18H28N2O3. The molecule has 1 atom stereocenters. The van der Waals surface area contributed by atoms with Crippen LogP contribution in [0.15, 0.2) is 36.7 Å². The molecule has 0 aliphatic heterocycles. The highest BCUT2D eigenvalue weighted by molar-refractivity contribution is 5.78. The maximum Gasteiger partial charge on any atom is 0.333 e. The molecule has 0 bridgehead atoms. The zero-order chi connectivity index (χ0) is 17.8. The van der Waals surface area contributed by atoms with Crippen LogP contribution >= 0.6 is 0 Å². The molecule has 1 aromatic carbocycles. The molecule has 1 aromatic rings. The molecule has 5 nitrogen and oxygen atoms in total. The van der Waals surface area contributed by atoms with E-state index < -0.39 is 23.2 Å². The molecule has 1 rings (SSSR count). The summed E-state index contributed by atoms with van der Waals surface area (Å²) in [5.74, 6) is -0.0916. The van der Waals surface area contributed by atoms with Gasteiger partial charge in [-0.3, -0.25) is 0 Å². The highest BCUT2D eigenvalue weighted by atomic mass is 16.6. The minimum absolute atomic E-state index is 0.310. The van der Waals surface area contributed by atoms with Gasteiger partial charge in [-0.2, -0.15) is 0 Å². The van der Waals surface area contributed by atoms with Gasteiger partial charge in [-0.05, 0) is 65.8 Å². The van der Waals surface area contributed by atoms with Gasteiger partial charge in [-0.15, -0.1) is 0 Å². The maximum atomic E-state index is 12.5. The van der Waals surface area contributed by atoms with Gasteiger partial charge in [0.05, 0.1) is 0 Å². The highest BCUT2D eigenvalue weighted by Gasteiger charge is 2.28. The quantitative estimate of drug-likeness (QED) is 0.493. The average Bonchev–Trinajstić information content (AvgIpc) is 2.33. The van der Waals surface area contributed by atoms with Crippen LogP contribution in [0.5, 0.6) is 0 Å². The number of ether oxygens (including phenoxy) is 2. The third-order valence-electron chi connectivity index (χ3n) is 2.65. The third kappa shape index (κ3) is 7.08. The summed E-state index contributed by atoms with van der Waals surface area (Å²) in [7, 11) is 0. The Balaban J connectivity index is 2.99. The summed E-state index contributed by atoms with van der Waals surface area (Å²) in [6.07, 6.45) is 0. The number of benzene rings is 1. The van der Waals surface area contributed by atoms with E-state index in [1.807, 2.05) is 41.5 Å². The number of hydrogen-bond acceptors (Lipinski definition) is 5. The van der Waals surface area contributed by atoms with E-state index in [2.05, 4.69) is 11.9 Å². The molecule has 3 N–H and O–H groups in total. The van der Waals surface area contributed by atoms with Crippen molar-refractivity contribution < 1.29 is 14.3 Å². The van der Waals surface area contributed by atoms with Gasteiger partial charge in [0.2, 0.25) is 0 Å². The van der Waals surface area contributed by atoms with Crippen LogP contribution in [0.1, 0.15) is 53.1 Å². The van der Waals surface area contributed by atoms with Crippen molar-refractivity contribution >= 4 is 11.7 Å². The Morgan fingerprint density at radius 3 is 1.96 bits per heavy atom. The maximum absolute atomic E-state index is 12.5. The molecule has 0 aliphatic carbocycles. The largest absolute Gasteiger partial charge is 0.474 e. The molecule has 0 aromatic heterocycles. The second-order valence-corrected chi connectivity index (χ2v) is 7.42. The summed E-state index contributed by atoms with van der Waals surface area (Å²) in [6.45, 7) is 15.0. The molecule has 1 unspecified atom stereocenters. The fraction of sp³-hybridized carbons (Fsp3) is 0.500. The van der Waals surface area contributed by atoms with Crippen molar-refractivity contribution in [2.24, 2.45) is 0 Å². The van der Waals surface area contributed by atoms with E-state index in [0.717, 1.165) is 5.56 Å². The first-order chi connectivity index (χ1) is 10.4. The van der Waals surface area contributed by atoms with Crippen molar-refractivity contribution in [1.82, 2.24) is 5.32 Å². The molecule has 0 heterocycles. The minimum atomic E-state index is -0.718. The molecule has 0 amide bonds. The van der Waals surface area contributed by atoms with Gasteiger partial charge in [-0.25, -0.2) is 4.79 Å². The summed E-state index contributed by atoms with van der Waals surface area (Å²) < 4.78 is 11.1. The number of carbonyl (C=O) groups excluding carboxylic acids is 1. The molecule has 0 saturated carbocycles. The lowest BCUT2D eigenvalue weighted by Gasteiger charge is -2.28. The standard InChI is InChI=1S/C18H28N2O3/c1-12(22-17(2,3)4)20-15(16(21)23-18(5,6)7)13-8-10-14(19)11-9-13/h8-11,15,20H,1,19H2,2-7H3. The number of nitrogens with two attached hydrogens (primary N) is 1. The lowest BCUT2D eigenvalue weighted by atomic mass is 10.1. The van der Waals surface area contributed by atoms with E-state index in [9.17, 15) is 4.79 Å². The molecule has 0 radical (unpaired) electrons. The van der Waals surface area contributed by atoms with Crippen LogP contribution in [0.3, 0.4) is 0 Å². The average molecular weight is 320 g/mol. The van der Waals surface area contributed by atoms with Crippen LogP contribution in [0.4, 0.5) is 5.69 Å². The Morgan fingerprint density at radius 1 is 1.04 bits per heavy atom. The van der Waals surface area contributed by atoms with Gasteiger partial charge in [0, 0.05) is 5.69 Å². The van der Waals surface area contributed by atoms with E-state index in [4.69, 9.17) is 15.2 Å². The Labute approximate surface area is 138 Å². The first-order valence-electron chi connectivity index (χ1n) is 7.60. The highest BCUT2D eigenvalue weighted by Crippen LogP contribution is 2.22. The fourth-order valence-corrected chi connectivity index (χ4v) is 1.89. The number of carbonyl (C=O) groups is 1. The monoisotopic (exact) mass is 320 g/mol. The smallest absolute Gasteiger partial charge is 0.333 e. The molecule has 128 valence electrons. The molecule has 23 heavy (non-hydrogen) atoms. The Kier molecular flexibility index (Phi) is 5.70. The number of nitrogens with one attached hydrogen (secondary N) is 1. The van der Waals surface area contributed by atoms with Crippen LogP contribution in [-0.4, -0.2) is 17.2 Å². The van der Waals surface area contributed by atoms with Gasteiger partial charge >= 0.3 is 5.97 Å². The topological polar surface area (TPSA) is 73.6 Å². The summed E-state index contributed by atoms with van der Waals surface area (Å²) in [5.41, 5.74) is 6.07. The number of rotatable bonds is 5. The summed E-state index contributed by atoms with van der Waals surface area (Å²) >= 11 is 0. The second kappa shape index (κ2) is 6.94. The Morgan fingerprint density at radius 2 is 1.52 bits per heavy atom. The molecular weight excluding hydrogens is 292 g/mol. The van der Waals surface area contributed by atoms with Crippen LogP contribution in [0.25, 0.3) is 0 Å². The zero-order valence-corrected chi connectivity index (χ0v) is 14.9. The summed E-state index contributed by atoms with van der Waals surface area (Å²) in [6, 6.07) is 6.32. The first kappa shape index (κ1) is 18.9. The van der Waals surface area contributed by atoms with Gasteiger partial charge in [0.1, 0.15) is 11.2 Å². The van der Waals surface area contributed by atoms with Crippen molar-refractivity contribution in [2.45, 2.75) is 58.8 Å². The van der Waals surface area contributed by atoms with Gasteiger partial charge in [0.25, 0.3) is 0 Å². The fourth-order valence-electron chi connectivity index (χ4n) is 1.89. The van der Waals surface area contributed by atoms with Gasteiger partial charge < -0.3 is 20.5 Å². The molecule has 0 saturated heterocycles. The van der Waals surface area contributed by atoms with Crippen molar-refractivity contribution in [3.05, 3.63) is 42.3 Å². The van der Waals surface area contributed by atoms with Crippen LogP contribution in [0, 0.1) is 0 Å². The van der Waals surface area contributed by atoms with Crippen LogP contribution < -0.4 is 11.1 Å².